The zero-order valence-electron chi connectivity index (χ0n) is 14.3. The van der Waals surface area contributed by atoms with Gasteiger partial charge in [-0.2, -0.15) is 5.26 Å². The van der Waals surface area contributed by atoms with Gasteiger partial charge in [-0.1, -0.05) is 31.2 Å². The van der Waals surface area contributed by atoms with Crippen molar-refractivity contribution in [2.45, 2.75) is 32.1 Å². The summed E-state index contributed by atoms with van der Waals surface area (Å²) in [4.78, 5) is 15.1. The summed E-state index contributed by atoms with van der Waals surface area (Å²) >= 11 is 2.28. The molecule has 1 atom stereocenters. The van der Waals surface area contributed by atoms with Crippen LogP contribution in [-0.4, -0.2) is 4.98 Å². The van der Waals surface area contributed by atoms with Gasteiger partial charge in [0.2, 0.25) is 0 Å². The highest BCUT2D eigenvalue weighted by molar-refractivity contribution is 14.1. The van der Waals surface area contributed by atoms with E-state index in [1.54, 1.807) is 0 Å². The van der Waals surface area contributed by atoms with Gasteiger partial charge in [-0.25, -0.2) is 0 Å². The first-order valence-electron chi connectivity index (χ1n) is 8.27. The molecule has 0 radical (unpaired) electrons. The molecule has 1 N–H and O–H groups in total. The number of H-pyrrole nitrogens is 1. The molecule has 2 aromatic carbocycles. The molecule has 3 rings (SSSR count). The number of aromatic amines is 1. The summed E-state index contributed by atoms with van der Waals surface area (Å²) in [7, 11) is 0. The highest BCUT2D eigenvalue weighted by Gasteiger charge is 2.27. The van der Waals surface area contributed by atoms with Crippen LogP contribution in [0.4, 0.5) is 0 Å². The second kappa shape index (κ2) is 7.01. The lowest BCUT2D eigenvalue weighted by Crippen LogP contribution is -2.23. The van der Waals surface area contributed by atoms with E-state index in [0.717, 1.165) is 31.2 Å². The molecule has 0 bridgehead atoms. The van der Waals surface area contributed by atoms with E-state index < -0.39 is 5.41 Å². The molecule has 0 saturated heterocycles. The van der Waals surface area contributed by atoms with Crippen LogP contribution >= 0.6 is 22.6 Å². The third-order valence-electron chi connectivity index (χ3n) is 4.63. The Kier molecular flexibility index (Phi) is 4.96. The Morgan fingerprint density at radius 2 is 2.00 bits per heavy atom. The molecule has 0 spiro atoms. The zero-order valence-corrected chi connectivity index (χ0v) is 16.4. The summed E-state index contributed by atoms with van der Waals surface area (Å²) in [5, 5.41) is 10.8. The molecule has 126 valence electrons. The van der Waals surface area contributed by atoms with Gasteiger partial charge < -0.3 is 4.98 Å². The Balaban J connectivity index is 2.06. The van der Waals surface area contributed by atoms with Crippen molar-refractivity contribution in [3.05, 3.63) is 79.1 Å². The van der Waals surface area contributed by atoms with Crippen LogP contribution in [0.15, 0.2) is 53.3 Å². The van der Waals surface area contributed by atoms with E-state index in [4.69, 9.17) is 0 Å². The fourth-order valence-corrected chi connectivity index (χ4v) is 3.72. The first-order chi connectivity index (χ1) is 11.9. The van der Waals surface area contributed by atoms with Crippen molar-refractivity contribution in [1.82, 2.24) is 4.98 Å². The van der Waals surface area contributed by atoms with Gasteiger partial charge in [0.1, 0.15) is 0 Å². The summed E-state index contributed by atoms with van der Waals surface area (Å²) in [6.07, 6.45) is 1.33. The number of rotatable bonds is 4. The number of hydrogen-bond acceptors (Lipinski definition) is 2. The van der Waals surface area contributed by atoms with Gasteiger partial charge in [-0.3, -0.25) is 4.79 Å². The average molecular weight is 442 g/mol. The van der Waals surface area contributed by atoms with Gasteiger partial charge in [0.25, 0.3) is 5.56 Å². The smallest absolute Gasteiger partial charge is 0.251 e. The van der Waals surface area contributed by atoms with Crippen molar-refractivity contribution in [2.24, 2.45) is 0 Å². The molecule has 0 aliphatic rings. The van der Waals surface area contributed by atoms with Crippen molar-refractivity contribution in [3.63, 3.8) is 0 Å². The SMILES string of the molecule is CCc1cc2ccc(C(C)(C#N)Cc3cccc(I)c3)cc2[nH]c1=O. The van der Waals surface area contributed by atoms with Crippen molar-refractivity contribution in [3.8, 4) is 6.07 Å². The van der Waals surface area contributed by atoms with Gasteiger partial charge in [0.15, 0.2) is 0 Å². The fraction of sp³-hybridized carbons (Fsp3) is 0.238. The van der Waals surface area contributed by atoms with E-state index >= 15 is 0 Å². The summed E-state index contributed by atoms with van der Waals surface area (Å²) in [5.41, 5.74) is 2.90. The van der Waals surface area contributed by atoms with Gasteiger partial charge in [0.05, 0.1) is 11.5 Å². The largest absolute Gasteiger partial charge is 0.322 e. The molecule has 1 unspecified atom stereocenters. The molecular weight excluding hydrogens is 423 g/mol. The molecule has 4 heteroatoms. The standard InChI is InChI=1S/C21H19IN2O/c1-3-15-10-16-7-8-17(11-19(16)24-20(15)25)21(2,13-23)12-14-5-4-6-18(22)9-14/h4-11H,3,12H2,1-2H3,(H,24,25). The van der Waals surface area contributed by atoms with Crippen LogP contribution in [0, 0.1) is 14.9 Å². The van der Waals surface area contributed by atoms with Crippen LogP contribution in [0.5, 0.6) is 0 Å². The van der Waals surface area contributed by atoms with Crippen molar-refractivity contribution in [1.29, 1.82) is 5.26 Å². The summed E-state index contributed by atoms with van der Waals surface area (Å²) in [5.74, 6) is 0. The minimum atomic E-state index is -0.654. The molecule has 25 heavy (non-hydrogen) atoms. The topological polar surface area (TPSA) is 56.6 Å². The lowest BCUT2D eigenvalue weighted by atomic mass is 9.78. The average Bonchev–Trinajstić information content (AvgIpc) is 2.60. The number of nitrogens with one attached hydrogen (secondary N) is 1. The van der Waals surface area contributed by atoms with Crippen molar-refractivity contribution >= 4 is 33.5 Å². The zero-order chi connectivity index (χ0) is 18.0. The van der Waals surface area contributed by atoms with Crippen LogP contribution in [0.2, 0.25) is 0 Å². The number of aryl methyl sites for hydroxylation is 1. The highest BCUT2D eigenvalue weighted by atomic mass is 127. The van der Waals surface area contributed by atoms with E-state index in [-0.39, 0.29) is 5.56 Å². The molecule has 1 heterocycles. The Hall–Kier alpha value is -2.13. The molecule has 3 nitrogen and oxygen atoms in total. The monoisotopic (exact) mass is 442 g/mol. The maximum absolute atomic E-state index is 12.1. The van der Waals surface area contributed by atoms with E-state index in [1.165, 1.54) is 0 Å². The van der Waals surface area contributed by atoms with Gasteiger partial charge in [0, 0.05) is 14.7 Å². The normalized spacial score (nSPS) is 13.4. The first kappa shape index (κ1) is 17.7. The number of halogens is 1. The Morgan fingerprint density at radius 1 is 1.20 bits per heavy atom. The van der Waals surface area contributed by atoms with Crippen LogP contribution in [0.25, 0.3) is 10.9 Å². The third kappa shape index (κ3) is 3.62. The molecule has 0 aliphatic heterocycles. The highest BCUT2D eigenvalue weighted by Crippen LogP contribution is 2.30. The number of nitrogens with zero attached hydrogens (tertiary/aromatic N) is 1. The maximum atomic E-state index is 12.1. The molecule has 0 fully saturated rings. The van der Waals surface area contributed by atoms with E-state index in [9.17, 15) is 10.1 Å². The maximum Gasteiger partial charge on any atom is 0.251 e. The summed E-state index contributed by atoms with van der Waals surface area (Å²) in [6, 6.07) is 18.5. The fourth-order valence-electron chi connectivity index (χ4n) is 3.11. The molecule has 1 aromatic heterocycles. The summed E-state index contributed by atoms with van der Waals surface area (Å²) in [6.45, 7) is 3.92. The second-order valence-corrected chi connectivity index (χ2v) is 7.78. The Morgan fingerprint density at radius 3 is 2.68 bits per heavy atom. The van der Waals surface area contributed by atoms with E-state index in [0.29, 0.717) is 12.8 Å². The molecule has 3 aromatic rings. The Bertz CT molecular complexity index is 1030. The van der Waals surface area contributed by atoms with Crippen LogP contribution in [0.3, 0.4) is 0 Å². The van der Waals surface area contributed by atoms with Crippen molar-refractivity contribution < 1.29 is 0 Å². The predicted molar refractivity (Wildman–Crippen MR) is 110 cm³/mol. The Labute approximate surface area is 160 Å². The van der Waals surface area contributed by atoms with Crippen LogP contribution in [-0.2, 0) is 18.3 Å². The third-order valence-corrected chi connectivity index (χ3v) is 5.31. The quantitative estimate of drug-likeness (QED) is 0.595. The van der Waals surface area contributed by atoms with Gasteiger partial charge >= 0.3 is 0 Å². The molecule has 0 amide bonds. The van der Waals surface area contributed by atoms with Crippen LogP contribution < -0.4 is 5.56 Å². The first-order valence-corrected chi connectivity index (χ1v) is 9.35. The van der Waals surface area contributed by atoms with E-state index in [2.05, 4.69) is 39.7 Å². The molecule has 0 saturated carbocycles. The van der Waals surface area contributed by atoms with Crippen molar-refractivity contribution in [2.75, 3.05) is 0 Å². The molecule has 0 aliphatic carbocycles. The summed E-state index contributed by atoms with van der Waals surface area (Å²) < 4.78 is 1.16. The number of hydrogen-bond donors (Lipinski definition) is 1. The lowest BCUT2D eigenvalue weighted by Gasteiger charge is -2.23. The minimum Gasteiger partial charge on any atom is -0.322 e. The number of nitriles is 1. The minimum absolute atomic E-state index is 0.0524. The number of benzene rings is 2. The van der Waals surface area contributed by atoms with Gasteiger partial charge in [-0.05, 0) is 83.1 Å². The van der Waals surface area contributed by atoms with Crippen LogP contribution in [0.1, 0.15) is 30.5 Å². The second-order valence-electron chi connectivity index (χ2n) is 6.53. The number of fused-ring (bicyclic) bond motifs is 1. The van der Waals surface area contributed by atoms with Gasteiger partial charge in [-0.15, -0.1) is 0 Å². The molecular formula is C21H19IN2O. The van der Waals surface area contributed by atoms with E-state index in [1.807, 2.05) is 56.3 Å². The number of pyridine rings is 1. The number of aromatic nitrogens is 1. The predicted octanol–water partition coefficient (Wildman–Crippen LogP) is 4.72. The lowest BCUT2D eigenvalue weighted by molar-refractivity contribution is 0.607.